The molecule has 0 atom stereocenters. The number of nitrogens with one attached hydrogen (secondary N) is 1. The van der Waals surface area contributed by atoms with Crippen LogP contribution in [0.3, 0.4) is 0 Å². The van der Waals surface area contributed by atoms with Gasteiger partial charge in [-0.2, -0.15) is 22.1 Å². The Labute approximate surface area is 106 Å². The van der Waals surface area contributed by atoms with Gasteiger partial charge in [0.2, 0.25) is 0 Å². The first kappa shape index (κ1) is 12.2. The molecule has 0 radical (unpaired) electrons. The Kier molecular flexibility index (Phi) is 3.85. The van der Waals surface area contributed by atoms with Gasteiger partial charge in [-0.3, -0.25) is 0 Å². The highest BCUT2D eigenvalue weighted by atomic mass is 32.2. The topological polar surface area (TPSA) is 61.6 Å². The molecule has 0 spiro atoms. The number of nitriles is 1. The largest absolute Gasteiger partial charge is 0.365 e. The van der Waals surface area contributed by atoms with Gasteiger partial charge in [-0.15, -0.1) is 5.10 Å². The average molecular weight is 248 g/mol. The van der Waals surface area contributed by atoms with Crippen LogP contribution < -0.4 is 5.32 Å². The van der Waals surface area contributed by atoms with Crippen LogP contribution in [-0.4, -0.2) is 27.7 Å². The second kappa shape index (κ2) is 5.37. The minimum absolute atomic E-state index is 0.430. The molecule has 1 aliphatic heterocycles. The number of thioether (sulfide) groups is 1. The average Bonchev–Trinajstić information content (AvgIpc) is 2.36. The summed E-state index contributed by atoms with van der Waals surface area (Å²) in [5.74, 6) is 3.00. The number of aromatic nitrogens is 2. The van der Waals surface area contributed by atoms with E-state index in [1.807, 2.05) is 25.6 Å². The summed E-state index contributed by atoms with van der Waals surface area (Å²) in [6.07, 6.45) is 2.26. The number of hydrogen-bond acceptors (Lipinski definition) is 5. The van der Waals surface area contributed by atoms with Crippen molar-refractivity contribution < 1.29 is 0 Å². The molecule has 5 heteroatoms. The molecule has 0 unspecified atom stereocenters. The lowest BCUT2D eigenvalue weighted by atomic mass is 10.1. The number of hydrogen-bond donors (Lipinski definition) is 1. The molecule has 17 heavy (non-hydrogen) atoms. The standard InChI is InChI=1S/C12H16N4S/c1-8-9(2)15-16-12(11(8)7-13)14-10-3-5-17-6-4-10/h10H,3-6H2,1-2H3,(H,14,16). The lowest BCUT2D eigenvalue weighted by Crippen LogP contribution is -2.26. The molecule has 1 fully saturated rings. The van der Waals surface area contributed by atoms with Crippen LogP contribution in [0.5, 0.6) is 0 Å². The normalized spacial score (nSPS) is 16.5. The summed E-state index contributed by atoms with van der Waals surface area (Å²) >= 11 is 1.98. The predicted molar refractivity (Wildman–Crippen MR) is 70.2 cm³/mol. The van der Waals surface area contributed by atoms with Crippen LogP contribution in [0.2, 0.25) is 0 Å². The molecule has 0 saturated carbocycles. The van der Waals surface area contributed by atoms with Crippen molar-refractivity contribution in [2.75, 3.05) is 16.8 Å². The van der Waals surface area contributed by atoms with E-state index in [0.29, 0.717) is 17.4 Å². The second-order valence-electron chi connectivity index (χ2n) is 4.28. The molecule has 1 saturated heterocycles. The molecule has 1 aromatic rings. The number of rotatable bonds is 2. The van der Waals surface area contributed by atoms with E-state index in [9.17, 15) is 5.26 Å². The molecular formula is C12H16N4S. The van der Waals surface area contributed by atoms with E-state index in [4.69, 9.17) is 0 Å². The summed E-state index contributed by atoms with van der Waals surface area (Å²) in [5.41, 5.74) is 2.39. The zero-order valence-electron chi connectivity index (χ0n) is 10.2. The van der Waals surface area contributed by atoms with E-state index in [-0.39, 0.29) is 0 Å². The summed E-state index contributed by atoms with van der Waals surface area (Å²) < 4.78 is 0. The Morgan fingerprint density at radius 1 is 1.29 bits per heavy atom. The maximum absolute atomic E-state index is 9.19. The van der Waals surface area contributed by atoms with Crippen LogP contribution >= 0.6 is 11.8 Å². The second-order valence-corrected chi connectivity index (χ2v) is 5.50. The van der Waals surface area contributed by atoms with Crippen LogP contribution in [0.4, 0.5) is 5.82 Å². The van der Waals surface area contributed by atoms with Gasteiger partial charge in [-0.25, -0.2) is 0 Å². The van der Waals surface area contributed by atoms with Gasteiger partial charge in [-0.05, 0) is 43.8 Å². The highest BCUT2D eigenvalue weighted by Crippen LogP contribution is 2.23. The maximum atomic E-state index is 9.19. The smallest absolute Gasteiger partial charge is 0.167 e. The van der Waals surface area contributed by atoms with Gasteiger partial charge in [0.25, 0.3) is 0 Å². The fourth-order valence-corrected chi connectivity index (χ4v) is 2.99. The van der Waals surface area contributed by atoms with E-state index < -0.39 is 0 Å². The highest BCUT2D eigenvalue weighted by Gasteiger charge is 2.17. The third-order valence-corrected chi connectivity index (χ3v) is 4.18. The van der Waals surface area contributed by atoms with Gasteiger partial charge in [0.15, 0.2) is 5.82 Å². The summed E-state index contributed by atoms with van der Waals surface area (Å²) in [5, 5.41) is 20.7. The number of anilines is 1. The van der Waals surface area contributed by atoms with Gasteiger partial charge in [0.05, 0.1) is 5.69 Å². The third-order valence-electron chi connectivity index (χ3n) is 3.13. The van der Waals surface area contributed by atoms with Crippen LogP contribution in [0.15, 0.2) is 0 Å². The van der Waals surface area contributed by atoms with E-state index in [0.717, 1.165) is 24.1 Å². The highest BCUT2D eigenvalue weighted by molar-refractivity contribution is 7.99. The minimum Gasteiger partial charge on any atom is -0.365 e. The van der Waals surface area contributed by atoms with Crippen molar-refractivity contribution in [3.8, 4) is 6.07 Å². The SMILES string of the molecule is Cc1nnc(NC2CCSCC2)c(C#N)c1C. The zero-order chi connectivity index (χ0) is 12.3. The molecular weight excluding hydrogens is 232 g/mol. The first-order valence-electron chi connectivity index (χ1n) is 5.80. The van der Waals surface area contributed by atoms with Gasteiger partial charge >= 0.3 is 0 Å². The lowest BCUT2D eigenvalue weighted by Gasteiger charge is -2.23. The minimum atomic E-state index is 0.430. The Morgan fingerprint density at radius 3 is 2.65 bits per heavy atom. The van der Waals surface area contributed by atoms with Crippen LogP contribution in [0, 0.1) is 25.2 Å². The summed E-state index contributed by atoms with van der Waals surface area (Å²) in [6, 6.07) is 2.65. The Hall–Kier alpha value is -1.28. The van der Waals surface area contributed by atoms with Gasteiger partial charge in [-0.1, -0.05) is 0 Å². The van der Waals surface area contributed by atoms with Gasteiger partial charge < -0.3 is 5.32 Å². The first-order valence-corrected chi connectivity index (χ1v) is 6.96. The van der Waals surface area contributed by atoms with E-state index in [1.165, 1.54) is 11.5 Å². The summed E-state index contributed by atoms with van der Waals surface area (Å²) in [6.45, 7) is 3.80. The maximum Gasteiger partial charge on any atom is 0.167 e. The summed E-state index contributed by atoms with van der Waals surface area (Å²) in [4.78, 5) is 0. The Bertz CT molecular complexity index is 447. The molecule has 1 N–H and O–H groups in total. The molecule has 2 heterocycles. The number of nitrogens with zero attached hydrogens (tertiary/aromatic N) is 3. The Morgan fingerprint density at radius 2 is 2.00 bits per heavy atom. The van der Waals surface area contributed by atoms with Crippen LogP contribution in [0.25, 0.3) is 0 Å². The van der Waals surface area contributed by atoms with Crippen molar-refractivity contribution in [3.05, 3.63) is 16.8 Å². The fourth-order valence-electron chi connectivity index (χ4n) is 1.88. The lowest BCUT2D eigenvalue weighted by molar-refractivity contribution is 0.660. The van der Waals surface area contributed by atoms with E-state index >= 15 is 0 Å². The molecule has 4 nitrogen and oxygen atoms in total. The molecule has 0 aliphatic carbocycles. The van der Waals surface area contributed by atoms with Gasteiger partial charge in [0, 0.05) is 6.04 Å². The van der Waals surface area contributed by atoms with Gasteiger partial charge in [0.1, 0.15) is 11.6 Å². The van der Waals surface area contributed by atoms with Crippen molar-refractivity contribution in [3.63, 3.8) is 0 Å². The molecule has 2 rings (SSSR count). The van der Waals surface area contributed by atoms with Crippen molar-refractivity contribution in [2.45, 2.75) is 32.7 Å². The fraction of sp³-hybridized carbons (Fsp3) is 0.583. The van der Waals surface area contributed by atoms with Crippen molar-refractivity contribution in [1.29, 1.82) is 5.26 Å². The Balaban J connectivity index is 2.20. The van der Waals surface area contributed by atoms with Crippen molar-refractivity contribution in [2.24, 2.45) is 0 Å². The van der Waals surface area contributed by atoms with Crippen molar-refractivity contribution in [1.82, 2.24) is 10.2 Å². The third kappa shape index (κ3) is 2.70. The number of aryl methyl sites for hydroxylation is 1. The van der Waals surface area contributed by atoms with Crippen LogP contribution in [0.1, 0.15) is 29.7 Å². The first-order chi connectivity index (χ1) is 8.22. The van der Waals surface area contributed by atoms with Crippen molar-refractivity contribution >= 4 is 17.6 Å². The zero-order valence-corrected chi connectivity index (χ0v) is 11.0. The predicted octanol–water partition coefficient (Wildman–Crippen LogP) is 2.27. The summed E-state index contributed by atoms with van der Waals surface area (Å²) in [7, 11) is 0. The monoisotopic (exact) mass is 248 g/mol. The molecule has 1 aliphatic rings. The van der Waals surface area contributed by atoms with Crippen LogP contribution in [-0.2, 0) is 0 Å². The quantitative estimate of drug-likeness (QED) is 0.870. The van der Waals surface area contributed by atoms with E-state index in [2.05, 4.69) is 21.6 Å². The molecule has 1 aromatic heterocycles. The molecule has 0 bridgehead atoms. The van der Waals surface area contributed by atoms with E-state index in [1.54, 1.807) is 0 Å². The molecule has 0 amide bonds. The molecule has 0 aromatic carbocycles. The molecule has 90 valence electrons.